The van der Waals surface area contributed by atoms with Crippen molar-refractivity contribution in [3.63, 3.8) is 0 Å². The highest BCUT2D eigenvalue weighted by atomic mass is 32.1. The molecule has 0 aliphatic heterocycles. The van der Waals surface area contributed by atoms with Gasteiger partial charge in [0.2, 0.25) is 11.5 Å². The summed E-state index contributed by atoms with van der Waals surface area (Å²) in [6, 6.07) is 14.4. The van der Waals surface area contributed by atoms with Gasteiger partial charge in [0.25, 0.3) is 0 Å². The van der Waals surface area contributed by atoms with Gasteiger partial charge in [0.05, 0.1) is 6.42 Å². The summed E-state index contributed by atoms with van der Waals surface area (Å²) >= 11 is 1.50. The maximum atomic E-state index is 14.1. The zero-order chi connectivity index (χ0) is 25.4. The summed E-state index contributed by atoms with van der Waals surface area (Å²) in [6.07, 6.45) is 1.33. The summed E-state index contributed by atoms with van der Waals surface area (Å²) in [6.45, 7) is 3.96. The van der Waals surface area contributed by atoms with Gasteiger partial charge in [0, 0.05) is 24.0 Å². The molecule has 0 spiro atoms. The summed E-state index contributed by atoms with van der Waals surface area (Å²) in [5.41, 5.74) is -0.0999. The van der Waals surface area contributed by atoms with E-state index in [9.17, 15) is 23.5 Å². The second kappa shape index (κ2) is 11.9. The van der Waals surface area contributed by atoms with E-state index in [1.54, 1.807) is 30.0 Å². The lowest BCUT2D eigenvalue weighted by Gasteiger charge is -2.25. The molecule has 1 atom stereocenters. The molecule has 1 heterocycles. The Morgan fingerprint density at radius 3 is 2.49 bits per heavy atom. The van der Waals surface area contributed by atoms with Gasteiger partial charge in [0.1, 0.15) is 17.4 Å². The summed E-state index contributed by atoms with van der Waals surface area (Å²) in [5, 5.41) is 11.4. The van der Waals surface area contributed by atoms with Crippen molar-refractivity contribution in [2.75, 3.05) is 13.1 Å². The van der Waals surface area contributed by atoms with Gasteiger partial charge >= 0.3 is 5.97 Å². The molecule has 35 heavy (non-hydrogen) atoms. The number of carboxylic acids is 1. The van der Waals surface area contributed by atoms with Crippen LogP contribution >= 0.6 is 11.3 Å². The Morgan fingerprint density at radius 2 is 1.83 bits per heavy atom. The van der Waals surface area contributed by atoms with Gasteiger partial charge in [0.15, 0.2) is 0 Å². The van der Waals surface area contributed by atoms with E-state index < -0.39 is 23.2 Å². The molecule has 0 radical (unpaired) electrons. The number of thiophene rings is 1. The zero-order valence-corrected chi connectivity index (χ0v) is 20.6. The van der Waals surface area contributed by atoms with Gasteiger partial charge in [-0.15, -0.1) is 11.3 Å². The van der Waals surface area contributed by atoms with Crippen LogP contribution in [0, 0.1) is 11.6 Å². The summed E-state index contributed by atoms with van der Waals surface area (Å²) in [7, 11) is 0. The molecule has 3 aromatic rings. The van der Waals surface area contributed by atoms with E-state index in [1.807, 2.05) is 23.6 Å². The van der Waals surface area contributed by atoms with Crippen LogP contribution < -0.4 is 4.74 Å². The molecule has 0 saturated carbocycles. The Balaban J connectivity index is 1.71. The van der Waals surface area contributed by atoms with Crippen LogP contribution in [0.3, 0.4) is 0 Å². The Morgan fingerprint density at radius 1 is 1.06 bits per heavy atom. The summed E-state index contributed by atoms with van der Waals surface area (Å²) in [4.78, 5) is 27.3. The minimum absolute atomic E-state index is 0.0770. The Hall–Kier alpha value is -3.26. The van der Waals surface area contributed by atoms with Gasteiger partial charge in [-0.05, 0) is 67.0 Å². The number of rotatable bonds is 12. The molecule has 0 aliphatic carbocycles. The lowest BCUT2D eigenvalue weighted by molar-refractivity contribution is -0.154. The highest BCUT2D eigenvalue weighted by molar-refractivity contribution is 7.10. The molecule has 1 amide bonds. The van der Waals surface area contributed by atoms with E-state index in [4.69, 9.17) is 4.74 Å². The van der Waals surface area contributed by atoms with Crippen molar-refractivity contribution in [1.82, 2.24) is 4.90 Å². The lowest BCUT2D eigenvalue weighted by atomic mass is 10.0. The third-order valence-electron chi connectivity index (χ3n) is 5.96. The van der Waals surface area contributed by atoms with Crippen LogP contribution in [0.2, 0.25) is 0 Å². The Kier molecular flexibility index (Phi) is 8.98. The minimum Gasteiger partial charge on any atom is -0.478 e. The molecule has 186 valence electrons. The van der Waals surface area contributed by atoms with E-state index in [1.165, 1.54) is 30.4 Å². The van der Waals surface area contributed by atoms with Crippen LogP contribution in [0.1, 0.15) is 36.3 Å². The number of carbonyl (C=O) groups is 2. The SMILES string of the molecule is CCC(C)(Oc1cccc(CCN(CCc2ccc(F)cc2F)C(=O)Cc2cccs2)c1)C(=O)O. The van der Waals surface area contributed by atoms with Crippen LogP contribution in [-0.4, -0.2) is 40.6 Å². The van der Waals surface area contributed by atoms with Crippen molar-refractivity contribution in [3.8, 4) is 5.75 Å². The van der Waals surface area contributed by atoms with Crippen molar-refractivity contribution in [2.45, 2.75) is 45.1 Å². The first kappa shape index (κ1) is 26.3. The van der Waals surface area contributed by atoms with Crippen molar-refractivity contribution in [1.29, 1.82) is 0 Å². The van der Waals surface area contributed by atoms with E-state index in [0.29, 0.717) is 30.7 Å². The van der Waals surface area contributed by atoms with Crippen molar-refractivity contribution >= 4 is 23.2 Å². The number of aliphatic carboxylic acids is 1. The number of nitrogens with zero attached hydrogens (tertiary/aromatic N) is 1. The fraction of sp³-hybridized carbons (Fsp3) is 0.333. The van der Waals surface area contributed by atoms with Crippen molar-refractivity contribution < 1.29 is 28.2 Å². The molecule has 0 bridgehead atoms. The van der Waals surface area contributed by atoms with Gasteiger partial charge in [-0.25, -0.2) is 13.6 Å². The average molecular weight is 502 g/mol. The van der Waals surface area contributed by atoms with Crippen molar-refractivity contribution in [3.05, 3.63) is 87.6 Å². The predicted octanol–water partition coefficient (Wildman–Crippen LogP) is 5.51. The molecule has 5 nitrogen and oxygen atoms in total. The van der Waals surface area contributed by atoms with Crippen molar-refractivity contribution in [2.24, 2.45) is 0 Å². The molecular weight excluding hydrogens is 472 g/mol. The largest absolute Gasteiger partial charge is 0.478 e. The summed E-state index contributed by atoms with van der Waals surface area (Å²) in [5.74, 6) is -1.94. The van der Waals surface area contributed by atoms with Crippen LogP contribution in [0.15, 0.2) is 60.0 Å². The molecule has 1 N–H and O–H groups in total. The molecule has 0 fully saturated rings. The predicted molar refractivity (Wildman–Crippen MR) is 132 cm³/mol. The van der Waals surface area contributed by atoms with E-state index in [2.05, 4.69) is 0 Å². The lowest BCUT2D eigenvalue weighted by Crippen LogP contribution is -2.40. The topological polar surface area (TPSA) is 66.8 Å². The normalized spacial score (nSPS) is 12.7. The number of amides is 1. The fourth-order valence-electron chi connectivity index (χ4n) is 3.57. The van der Waals surface area contributed by atoms with Gasteiger partial charge in [-0.2, -0.15) is 0 Å². The first-order chi connectivity index (χ1) is 16.7. The number of hydrogen-bond donors (Lipinski definition) is 1. The van der Waals surface area contributed by atoms with Crippen LogP contribution in [0.25, 0.3) is 0 Å². The number of ether oxygens (including phenoxy) is 1. The number of carboxylic acid groups (broad SMARTS) is 1. The molecule has 1 unspecified atom stereocenters. The molecule has 0 aliphatic rings. The van der Waals surface area contributed by atoms with E-state index in [0.717, 1.165) is 16.5 Å². The highest BCUT2D eigenvalue weighted by Gasteiger charge is 2.33. The first-order valence-electron chi connectivity index (χ1n) is 11.5. The smallest absolute Gasteiger partial charge is 0.347 e. The van der Waals surface area contributed by atoms with E-state index in [-0.39, 0.29) is 25.3 Å². The van der Waals surface area contributed by atoms with Gasteiger partial charge < -0.3 is 14.7 Å². The quantitative estimate of drug-likeness (QED) is 0.355. The first-order valence-corrected chi connectivity index (χ1v) is 12.3. The second-order valence-corrected chi connectivity index (χ2v) is 9.54. The number of halogens is 2. The van der Waals surface area contributed by atoms with E-state index >= 15 is 0 Å². The third-order valence-corrected chi connectivity index (χ3v) is 6.84. The highest BCUT2D eigenvalue weighted by Crippen LogP contribution is 2.23. The Bertz CT molecular complexity index is 1150. The third kappa shape index (κ3) is 7.36. The number of carbonyl (C=O) groups excluding carboxylic acids is 1. The Labute approximate surface area is 208 Å². The second-order valence-electron chi connectivity index (χ2n) is 8.51. The minimum atomic E-state index is -1.33. The van der Waals surface area contributed by atoms with Gasteiger partial charge in [-0.3, -0.25) is 4.79 Å². The standard InChI is InChI=1S/C27H29F2NO4S/c1-3-27(2,26(32)33)34-22-7-4-6-19(16-22)11-13-30(25(31)18-23-8-5-15-35-23)14-12-20-9-10-21(28)17-24(20)29/h4-10,15-17H,3,11-14,18H2,1-2H3,(H,32,33). The summed E-state index contributed by atoms with van der Waals surface area (Å²) < 4.78 is 33.1. The fourth-order valence-corrected chi connectivity index (χ4v) is 4.27. The monoisotopic (exact) mass is 501 g/mol. The molecule has 1 aromatic heterocycles. The maximum Gasteiger partial charge on any atom is 0.347 e. The van der Waals surface area contributed by atoms with Crippen LogP contribution in [0.4, 0.5) is 8.78 Å². The average Bonchev–Trinajstić information content (AvgIpc) is 3.33. The van der Waals surface area contributed by atoms with Gasteiger partial charge in [-0.1, -0.05) is 31.2 Å². The molecular formula is C27H29F2NO4S. The number of benzene rings is 2. The van der Waals surface area contributed by atoms with Crippen LogP contribution in [0.5, 0.6) is 5.75 Å². The maximum absolute atomic E-state index is 14.1. The molecule has 2 aromatic carbocycles. The zero-order valence-electron chi connectivity index (χ0n) is 19.8. The molecule has 8 heteroatoms. The molecule has 3 rings (SSSR count). The molecule has 0 saturated heterocycles. The van der Waals surface area contributed by atoms with Crippen LogP contribution in [-0.2, 0) is 28.9 Å². The number of hydrogen-bond acceptors (Lipinski definition) is 4.